The van der Waals surface area contributed by atoms with E-state index >= 15 is 0 Å². The second kappa shape index (κ2) is 4.69. The molecule has 1 N–H and O–H groups in total. The summed E-state index contributed by atoms with van der Waals surface area (Å²) in [6.07, 6.45) is 7.96. The molecule has 0 bridgehead atoms. The van der Waals surface area contributed by atoms with Gasteiger partial charge in [-0.1, -0.05) is 6.92 Å². The van der Waals surface area contributed by atoms with E-state index in [2.05, 4.69) is 32.4 Å². The number of hydrogen-bond donors (Lipinski definition) is 1. The van der Waals surface area contributed by atoms with Crippen molar-refractivity contribution >= 4 is 22.8 Å². The Balaban J connectivity index is 1.93. The van der Waals surface area contributed by atoms with Crippen LogP contribution < -0.4 is 5.32 Å². The highest BCUT2D eigenvalue weighted by molar-refractivity contribution is 7.09. The highest BCUT2D eigenvalue weighted by Gasteiger charge is 2.14. The van der Waals surface area contributed by atoms with Gasteiger partial charge in [0, 0.05) is 24.0 Å². The molecule has 0 fully saturated rings. The Morgan fingerprint density at radius 2 is 2.33 bits per heavy atom. The fourth-order valence-electron chi connectivity index (χ4n) is 1.77. The Hall–Kier alpha value is -2.02. The lowest BCUT2D eigenvalue weighted by Gasteiger charge is -2.14. The molecule has 0 aromatic carbocycles. The van der Waals surface area contributed by atoms with Gasteiger partial charge in [0.2, 0.25) is 5.65 Å². The summed E-state index contributed by atoms with van der Waals surface area (Å²) < 4.78 is 1.84. The zero-order chi connectivity index (χ0) is 12.4. The number of aromatic nitrogens is 5. The summed E-state index contributed by atoms with van der Waals surface area (Å²) in [5.41, 5.74) is 0.729. The van der Waals surface area contributed by atoms with E-state index in [-0.39, 0.29) is 6.04 Å². The first-order valence-electron chi connectivity index (χ1n) is 5.68. The van der Waals surface area contributed by atoms with Crippen molar-refractivity contribution in [3.05, 3.63) is 35.3 Å². The summed E-state index contributed by atoms with van der Waals surface area (Å²) in [5, 5.41) is 14.3. The Kier molecular flexibility index (Phi) is 2.89. The quantitative estimate of drug-likeness (QED) is 0.778. The fraction of sp³-hybridized carbons (Fsp3) is 0.273. The molecule has 3 aromatic rings. The Morgan fingerprint density at radius 3 is 3.11 bits per heavy atom. The maximum Gasteiger partial charge on any atom is 0.203 e. The van der Waals surface area contributed by atoms with Crippen molar-refractivity contribution in [3.63, 3.8) is 0 Å². The number of fused-ring (bicyclic) bond motifs is 1. The van der Waals surface area contributed by atoms with Crippen molar-refractivity contribution in [2.75, 3.05) is 5.32 Å². The molecule has 1 unspecified atom stereocenters. The highest BCUT2D eigenvalue weighted by atomic mass is 32.1. The van der Waals surface area contributed by atoms with Gasteiger partial charge < -0.3 is 5.32 Å². The molecule has 3 heterocycles. The smallest absolute Gasteiger partial charge is 0.203 e. The second-order valence-electron chi connectivity index (χ2n) is 3.81. The first-order valence-corrected chi connectivity index (χ1v) is 6.56. The van der Waals surface area contributed by atoms with Crippen LogP contribution in [0.1, 0.15) is 24.4 Å². The highest BCUT2D eigenvalue weighted by Crippen LogP contribution is 2.24. The molecule has 0 spiro atoms. The van der Waals surface area contributed by atoms with Crippen LogP contribution in [0.5, 0.6) is 0 Å². The molecule has 18 heavy (non-hydrogen) atoms. The molecule has 0 radical (unpaired) electrons. The molecular formula is C11H12N6S. The number of anilines is 1. The van der Waals surface area contributed by atoms with E-state index in [1.54, 1.807) is 23.9 Å². The average Bonchev–Trinajstić information content (AvgIpc) is 3.06. The van der Waals surface area contributed by atoms with Crippen molar-refractivity contribution < 1.29 is 0 Å². The van der Waals surface area contributed by atoms with Gasteiger partial charge in [0.1, 0.15) is 11.3 Å². The Labute approximate surface area is 108 Å². The van der Waals surface area contributed by atoms with E-state index in [4.69, 9.17) is 0 Å². The molecular weight excluding hydrogens is 248 g/mol. The third-order valence-corrected chi connectivity index (χ3v) is 3.57. The van der Waals surface area contributed by atoms with Gasteiger partial charge >= 0.3 is 0 Å². The van der Waals surface area contributed by atoms with Crippen LogP contribution in [0.4, 0.5) is 5.82 Å². The first-order chi connectivity index (χ1) is 8.88. The molecule has 1 atom stereocenters. The molecule has 0 aliphatic carbocycles. The van der Waals surface area contributed by atoms with Crippen LogP contribution in [0.25, 0.3) is 5.65 Å². The van der Waals surface area contributed by atoms with E-state index in [1.807, 2.05) is 22.2 Å². The lowest BCUT2D eigenvalue weighted by Crippen LogP contribution is -2.11. The zero-order valence-corrected chi connectivity index (χ0v) is 10.6. The molecule has 0 saturated heterocycles. The topological polar surface area (TPSA) is 68.0 Å². The predicted octanol–water partition coefficient (Wildman–Crippen LogP) is 2.14. The minimum atomic E-state index is 0.153. The monoisotopic (exact) mass is 260 g/mol. The maximum atomic E-state index is 4.34. The standard InChI is InChI=1S/C11H12N6S/c1-2-8(11-13-4-6-18-11)15-9-10-16-14-7-17(10)5-3-12-9/h3-8H,2H2,1H3,(H,12,15). The number of nitrogens with one attached hydrogen (secondary N) is 1. The van der Waals surface area contributed by atoms with Crippen molar-refractivity contribution in [2.24, 2.45) is 0 Å². The summed E-state index contributed by atoms with van der Waals surface area (Å²) in [6.45, 7) is 2.11. The van der Waals surface area contributed by atoms with Gasteiger partial charge in [0.05, 0.1) is 6.04 Å². The van der Waals surface area contributed by atoms with Gasteiger partial charge in [-0.2, -0.15) is 0 Å². The fourth-order valence-corrected chi connectivity index (χ4v) is 2.54. The van der Waals surface area contributed by atoms with Gasteiger partial charge in [-0.15, -0.1) is 21.5 Å². The van der Waals surface area contributed by atoms with E-state index < -0.39 is 0 Å². The molecule has 0 aliphatic heterocycles. The van der Waals surface area contributed by atoms with Crippen LogP contribution in [0.2, 0.25) is 0 Å². The van der Waals surface area contributed by atoms with E-state index in [9.17, 15) is 0 Å². The zero-order valence-electron chi connectivity index (χ0n) is 9.82. The van der Waals surface area contributed by atoms with Gasteiger partial charge in [-0.3, -0.25) is 4.40 Å². The SMILES string of the molecule is CCC(Nc1nccn2cnnc12)c1nccs1. The summed E-state index contributed by atoms with van der Waals surface area (Å²) in [5.74, 6) is 0.733. The van der Waals surface area contributed by atoms with Crippen LogP contribution in [-0.4, -0.2) is 24.6 Å². The Morgan fingerprint density at radius 1 is 1.39 bits per heavy atom. The molecule has 3 rings (SSSR count). The lowest BCUT2D eigenvalue weighted by atomic mass is 10.2. The summed E-state index contributed by atoms with van der Waals surface area (Å²) in [4.78, 5) is 8.66. The van der Waals surface area contributed by atoms with Gasteiger partial charge in [0.25, 0.3) is 0 Å². The predicted molar refractivity (Wildman–Crippen MR) is 69.6 cm³/mol. The Bertz CT molecular complexity index is 632. The minimum absolute atomic E-state index is 0.153. The van der Waals surface area contributed by atoms with Crippen LogP contribution in [0.15, 0.2) is 30.3 Å². The second-order valence-corrected chi connectivity index (χ2v) is 4.74. The summed E-state index contributed by atoms with van der Waals surface area (Å²) in [7, 11) is 0. The average molecular weight is 260 g/mol. The van der Waals surface area contributed by atoms with Gasteiger partial charge in [0.15, 0.2) is 5.82 Å². The number of thiazole rings is 1. The van der Waals surface area contributed by atoms with Crippen molar-refractivity contribution in [1.29, 1.82) is 0 Å². The van der Waals surface area contributed by atoms with Crippen molar-refractivity contribution in [1.82, 2.24) is 24.6 Å². The van der Waals surface area contributed by atoms with Crippen molar-refractivity contribution in [2.45, 2.75) is 19.4 Å². The van der Waals surface area contributed by atoms with E-state index in [0.717, 1.165) is 22.9 Å². The van der Waals surface area contributed by atoms with E-state index in [1.165, 1.54) is 0 Å². The number of nitrogens with zero attached hydrogens (tertiary/aromatic N) is 5. The van der Waals surface area contributed by atoms with Crippen LogP contribution >= 0.6 is 11.3 Å². The molecule has 92 valence electrons. The third kappa shape index (κ3) is 1.92. The summed E-state index contributed by atoms with van der Waals surface area (Å²) >= 11 is 1.64. The molecule has 7 heteroatoms. The van der Waals surface area contributed by atoms with Crippen molar-refractivity contribution in [3.8, 4) is 0 Å². The number of rotatable bonds is 4. The molecule has 6 nitrogen and oxygen atoms in total. The largest absolute Gasteiger partial charge is 0.358 e. The third-order valence-electron chi connectivity index (χ3n) is 2.68. The van der Waals surface area contributed by atoms with E-state index in [0.29, 0.717) is 0 Å². The minimum Gasteiger partial charge on any atom is -0.358 e. The normalized spacial score (nSPS) is 12.7. The molecule has 0 aliphatic rings. The van der Waals surface area contributed by atoms with Gasteiger partial charge in [-0.25, -0.2) is 9.97 Å². The van der Waals surface area contributed by atoms with Crippen LogP contribution in [0.3, 0.4) is 0 Å². The summed E-state index contributed by atoms with van der Waals surface area (Å²) in [6, 6.07) is 0.153. The lowest BCUT2D eigenvalue weighted by molar-refractivity contribution is 0.737. The van der Waals surface area contributed by atoms with Gasteiger partial charge in [-0.05, 0) is 6.42 Å². The number of hydrogen-bond acceptors (Lipinski definition) is 6. The molecule has 0 saturated carbocycles. The molecule has 0 amide bonds. The maximum absolute atomic E-state index is 4.34. The molecule has 3 aromatic heterocycles. The van der Waals surface area contributed by atoms with Crippen LogP contribution in [-0.2, 0) is 0 Å². The van der Waals surface area contributed by atoms with Crippen LogP contribution in [0, 0.1) is 0 Å². The first kappa shape index (κ1) is 11.1.